The fourth-order valence-electron chi connectivity index (χ4n) is 22.9. The first-order chi connectivity index (χ1) is 58.8. The third-order valence-corrected chi connectivity index (χ3v) is 30.6. The molecule has 2 amide bonds. The van der Waals surface area contributed by atoms with Crippen molar-refractivity contribution in [1.29, 1.82) is 0 Å². The van der Waals surface area contributed by atoms with Crippen LogP contribution >= 0.6 is 0 Å². The van der Waals surface area contributed by atoms with E-state index in [-0.39, 0.29) is 70.6 Å². The summed E-state index contributed by atoms with van der Waals surface area (Å²) in [6, 6.07) is 44.8. The van der Waals surface area contributed by atoms with Crippen molar-refractivity contribution < 1.29 is 106 Å². The fraction of sp³-hybridized carbons (Fsp3) is 0.505. The molecule has 6 aliphatic carbocycles. The number of aliphatic hydroxyl groups is 4. The van der Waals surface area contributed by atoms with E-state index in [9.17, 15) is 39.6 Å². The molecule has 5 fully saturated rings. The van der Waals surface area contributed by atoms with Gasteiger partial charge in [-0.25, -0.2) is 28.8 Å². The second kappa shape index (κ2) is 34.8. The van der Waals surface area contributed by atoms with Crippen molar-refractivity contribution in [3.63, 3.8) is 0 Å². The molecular weight excluding hydrogens is 1590 g/mol. The van der Waals surface area contributed by atoms with Gasteiger partial charge in [-0.3, -0.25) is 19.2 Å². The summed E-state index contributed by atoms with van der Waals surface area (Å²) < 4.78 is 52.8. The highest BCUT2D eigenvalue weighted by Crippen LogP contribution is 2.69. The maximum Gasteiger partial charge on any atom is 0.350 e. The van der Waals surface area contributed by atoms with E-state index in [1.807, 2.05) is 55.4 Å². The number of aliphatic hydroxyl groups excluding tert-OH is 2. The molecule has 24 nitrogen and oxygen atoms in total. The van der Waals surface area contributed by atoms with E-state index < -0.39 is 219 Å². The maximum atomic E-state index is 16.4. The Morgan fingerprint density at radius 1 is 0.432 bits per heavy atom. The number of amides is 2. The molecule has 125 heavy (non-hydrogen) atoms. The van der Waals surface area contributed by atoms with Crippen molar-refractivity contribution in [1.82, 2.24) is 10.6 Å². The van der Waals surface area contributed by atoms with Crippen LogP contribution in [0.5, 0.6) is 0 Å². The first-order valence-electron chi connectivity index (χ1n) is 43.7. The Kier molecular flexibility index (Phi) is 25.7. The number of ketones is 2. The molecule has 666 valence electrons. The largest absolute Gasteiger partial charge is 0.455 e. The van der Waals surface area contributed by atoms with Crippen LogP contribution in [0.3, 0.4) is 0 Å². The third-order valence-electron chi connectivity index (χ3n) is 30.6. The van der Waals surface area contributed by atoms with Gasteiger partial charge < -0.3 is 69.0 Å². The molecule has 7 aliphatic rings. The lowest BCUT2D eigenvalue weighted by Gasteiger charge is -2.65. The Hall–Kier alpha value is -10.3. The Morgan fingerprint density at radius 2 is 0.720 bits per heavy atom. The molecule has 0 radical (unpaired) electrons. The minimum atomic E-state index is -2.30. The minimum absolute atomic E-state index is 0.107. The Morgan fingerprint density at radius 3 is 1.02 bits per heavy atom. The SMILES string of the molecule is CC[C@@]1(C)C2[C@H](OC(=O)c3ccccc3)[C@]3(O)C[C@H](OC(=O)[C@H](OC(=O)[C@@H]4OC(C)(C)O[C@H]4C(=O)O[C@@H](C(=O)O[C@H]4C[C@@]5(O)[C@@H](OC(=O)c6ccccc6)C6[C@](C)(CC)[C@H](O)C[C@H](C)[C@@]6(C)C(=O)[C@H](C)C(=C4C)C5(C)C)[C@@H](NC(=O)c4ccccc4)c4ccccc4)[C@@H](NC(=O)c4ccccc4)c4ccccc4)C(C)=C([C@@H](C)C(=O)[C@]2(C)[C@@H](C)C[C@H]1O)C3(C)C. The molecule has 6 aromatic rings. The second-order valence-corrected chi connectivity index (χ2v) is 38.3. The summed E-state index contributed by atoms with van der Waals surface area (Å²) in [7, 11) is 0. The van der Waals surface area contributed by atoms with Gasteiger partial charge in [0, 0.05) is 80.1 Å². The van der Waals surface area contributed by atoms with E-state index in [0.29, 0.717) is 22.3 Å². The number of rotatable bonds is 22. The molecule has 6 aromatic carbocycles. The molecule has 1 heterocycles. The van der Waals surface area contributed by atoms with Crippen molar-refractivity contribution in [2.75, 3.05) is 0 Å². The maximum absolute atomic E-state index is 16.4. The first-order valence-corrected chi connectivity index (χ1v) is 43.7. The van der Waals surface area contributed by atoms with Gasteiger partial charge in [-0.1, -0.05) is 230 Å². The topological polar surface area (TPSA) is 350 Å². The first kappa shape index (κ1) is 92.3. The Bertz CT molecular complexity index is 4840. The van der Waals surface area contributed by atoms with Gasteiger partial charge in [0.05, 0.1) is 23.3 Å². The summed E-state index contributed by atoms with van der Waals surface area (Å²) in [5.74, 6) is -16.6. The van der Waals surface area contributed by atoms with Gasteiger partial charge in [0.1, 0.15) is 59.3 Å². The number of carbonyl (C=O) groups is 10. The molecule has 24 heteroatoms. The zero-order valence-electron chi connectivity index (χ0n) is 74.6. The summed E-state index contributed by atoms with van der Waals surface area (Å²) in [6.07, 6.45) is -17.7. The zero-order chi connectivity index (χ0) is 91.0. The van der Waals surface area contributed by atoms with Gasteiger partial charge >= 0.3 is 35.8 Å². The van der Waals surface area contributed by atoms with Crippen molar-refractivity contribution in [2.45, 2.75) is 253 Å². The highest BCUT2D eigenvalue weighted by Gasteiger charge is 2.75. The van der Waals surface area contributed by atoms with Crippen LogP contribution in [0.25, 0.3) is 0 Å². The molecule has 1 aliphatic heterocycles. The van der Waals surface area contributed by atoms with Gasteiger partial charge in [0.15, 0.2) is 18.0 Å². The third kappa shape index (κ3) is 16.0. The number of nitrogens with one attached hydrogen (secondary N) is 2. The van der Waals surface area contributed by atoms with E-state index in [4.69, 9.17) is 37.9 Å². The van der Waals surface area contributed by atoms with Gasteiger partial charge in [-0.15, -0.1) is 0 Å². The van der Waals surface area contributed by atoms with E-state index in [1.54, 1.807) is 213 Å². The van der Waals surface area contributed by atoms with E-state index in [0.717, 1.165) is 0 Å². The van der Waals surface area contributed by atoms with Crippen LogP contribution < -0.4 is 10.6 Å². The Labute approximate surface area is 731 Å². The van der Waals surface area contributed by atoms with Crippen LogP contribution in [0.15, 0.2) is 204 Å². The van der Waals surface area contributed by atoms with E-state index in [2.05, 4.69) is 10.6 Å². The number of hydrogen-bond acceptors (Lipinski definition) is 22. The molecule has 24 atom stereocenters. The number of benzene rings is 6. The number of esters is 6. The number of hydrogen-bond donors (Lipinski definition) is 6. The molecule has 6 N–H and O–H groups in total. The summed E-state index contributed by atoms with van der Waals surface area (Å²) in [6.45, 7) is 31.2. The number of Topliss-reactive ketones (excluding diaryl/α,β-unsaturated/α-hetero) is 2. The lowest BCUT2D eigenvalue weighted by atomic mass is 9.41. The van der Waals surface area contributed by atoms with Crippen LogP contribution in [0, 0.1) is 68.0 Å². The van der Waals surface area contributed by atoms with E-state index >= 15 is 28.8 Å². The number of fused-ring (bicyclic) bond motifs is 6. The highest BCUT2D eigenvalue weighted by molar-refractivity contribution is 5.98. The molecule has 1 saturated heterocycles. The van der Waals surface area contributed by atoms with E-state index in [1.165, 1.54) is 38.1 Å². The average Bonchev–Trinajstić information content (AvgIpc) is 0.930. The van der Waals surface area contributed by atoms with Gasteiger partial charge in [0.2, 0.25) is 12.2 Å². The predicted octanol–water partition coefficient (Wildman–Crippen LogP) is 14.2. The summed E-state index contributed by atoms with van der Waals surface area (Å²) in [5.41, 5.74) is -10.5. The predicted molar refractivity (Wildman–Crippen MR) is 461 cm³/mol. The van der Waals surface area contributed by atoms with Gasteiger partial charge in [-0.2, -0.15) is 0 Å². The monoisotopic (exact) mass is 1710 g/mol. The van der Waals surface area contributed by atoms with Crippen molar-refractivity contribution >= 4 is 59.2 Å². The van der Waals surface area contributed by atoms with Crippen LogP contribution in [-0.4, -0.2) is 158 Å². The summed E-state index contributed by atoms with van der Waals surface area (Å²) in [4.78, 5) is 157. The minimum Gasteiger partial charge on any atom is -0.455 e. The second-order valence-electron chi connectivity index (χ2n) is 38.3. The lowest BCUT2D eigenvalue weighted by molar-refractivity contribution is -0.249. The molecule has 0 spiro atoms. The van der Waals surface area contributed by atoms with Crippen molar-refractivity contribution in [3.05, 3.63) is 238 Å². The standard InChI is InChI=1S/C101H120N2O22/c1-19-96(15)69(104)51-55(3)98(17)79(96)83(122-87(110)65-47-35-25-36-48-65)100(116)53-67(57(5)71(93(100,9)10)59(7)81(98)106)118-89(112)75(73(61-39-27-21-28-40-61)102-85(108)63-43-31-23-32-44-63)120-91(114)77-78(125-95(13,14)124-77)92(115)121-76(74(62-41-29-22-30-42-62)103-86(109)64-45-33-24-34-46-64)90(113)119-68-54-101(117)84(123-88(111)66-49-37-26-38-50-66)80-97(16,20-2)70(105)52-56(4)99(80,18)82(107)60(8)72(58(68)6)94(101,11)12/h21-50,55-56,59-60,67-70,73-80,83-84,104-105,116-117H,19-20,51-54H2,1-18H3,(H,102,108)(H,103,109)/t55-,56-,59+,60+,67-,68-,69+,70+,73-,74-,75+,76+,77+,78+,79?,80?,83-,84-,96+,97+,98+,99+,100+,101+/m0/s1. The Balaban J connectivity index is 0.910. The molecule has 0 aromatic heterocycles. The molecule has 2 unspecified atom stereocenters. The normalized spacial score (nSPS) is 33.6. The lowest BCUT2D eigenvalue weighted by Crippen LogP contribution is -2.73. The van der Waals surface area contributed by atoms with Gasteiger partial charge in [0.25, 0.3) is 11.8 Å². The summed E-state index contributed by atoms with van der Waals surface area (Å²) in [5, 5.41) is 59.5. The van der Waals surface area contributed by atoms with Crippen molar-refractivity contribution in [3.8, 4) is 0 Å². The number of ether oxygens (including phenoxy) is 8. The van der Waals surface area contributed by atoms with Gasteiger partial charge in [-0.05, 0) is 147 Å². The van der Waals surface area contributed by atoms with Crippen LogP contribution in [0.4, 0.5) is 0 Å². The summed E-state index contributed by atoms with van der Waals surface area (Å²) >= 11 is 0. The zero-order valence-corrected chi connectivity index (χ0v) is 74.6. The van der Waals surface area contributed by atoms with Crippen LogP contribution in [0.1, 0.15) is 228 Å². The van der Waals surface area contributed by atoms with Crippen LogP contribution in [-0.2, 0) is 66.7 Å². The smallest absolute Gasteiger partial charge is 0.350 e. The molecular formula is C101H120N2O22. The number of carbonyl (C=O) groups excluding carboxylic acids is 10. The molecule has 4 bridgehead atoms. The fourth-order valence-corrected chi connectivity index (χ4v) is 22.9. The average molecular weight is 1710 g/mol. The molecule has 4 saturated carbocycles. The molecule has 13 rings (SSSR count). The highest BCUT2D eigenvalue weighted by atomic mass is 16.8. The quantitative estimate of drug-likeness (QED) is 0.0209. The van der Waals surface area contributed by atoms with Crippen LogP contribution in [0.2, 0.25) is 0 Å². The van der Waals surface area contributed by atoms with Crippen molar-refractivity contribution in [2.24, 2.45) is 68.0 Å².